The molecule has 1 aromatic heterocycles. The van der Waals surface area contributed by atoms with Gasteiger partial charge in [0.05, 0.1) is 6.61 Å². The van der Waals surface area contributed by atoms with Crippen molar-refractivity contribution in [2.24, 2.45) is 0 Å². The van der Waals surface area contributed by atoms with Gasteiger partial charge in [-0.25, -0.2) is 14.6 Å². The van der Waals surface area contributed by atoms with E-state index in [0.29, 0.717) is 18.8 Å². The monoisotopic (exact) mass is 355 g/mol. The van der Waals surface area contributed by atoms with E-state index in [9.17, 15) is 9.59 Å². The molecule has 0 unspecified atom stereocenters. The molecule has 0 spiro atoms. The number of alkyl carbamates (subject to hydrolysis) is 1. The number of carbonyl (C=O) groups is 2. The Morgan fingerprint density at radius 1 is 1.46 bits per heavy atom. The van der Waals surface area contributed by atoms with E-state index in [1.807, 2.05) is 20.8 Å². The highest BCUT2D eigenvalue weighted by Crippen LogP contribution is 2.24. The summed E-state index contributed by atoms with van der Waals surface area (Å²) in [6.07, 6.45) is 1.43. The molecule has 8 heteroatoms. The molecule has 0 saturated carbocycles. The van der Waals surface area contributed by atoms with Gasteiger partial charge in [0.15, 0.2) is 10.8 Å². The summed E-state index contributed by atoms with van der Waals surface area (Å²) in [5.41, 5.74) is -0.179. The third kappa shape index (κ3) is 5.36. The van der Waals surface area contributed by atoms with E-state index in [-0.39, 0.29) is 6.04 Å². The minimum atomic E-state index is -0.512. The van der Waals surface area contributed by atoms with E-state index in [1.165, 1.54) is 11.3 Å². The van der Waals surface area contributed by atoms with Crippen molar-refractivity contribution in [3.63, 3.8) is 0 Å². The van der Waals surface area contributed by atoms with Crippen LogP contribution in [-0.2, 0) is 9.47 Å². The second kappa shape index (κ2) is 7.83. The molecule has 0 radical (unpaired) electrons. The fourth-order valence-electron chi connectivity index (χ4n) is 2.45. The van der Waals surface area contributed by atoms with E-state index in [1.54, 1.807) is 12.3 Å². The molecule has 1 aromatic rings. The number of aromatic nitrogens is 1. The number of hydrogen-bond acceptors (Lipinski definition) is 7. The average molecular weight is 355 g/mol. The SMILES string of the molecule is CCOC(=O)c1csc(N2CCC[C@H](NC(=O)OC(C)(C)C)C2)n1. The summed E-state index contributed by atoms with van der Waals surface area (Å²) in [7, 11) is 0. The van der Waals surface area contributed by atoms with Gasteiger partial charge < -0.3 is 19.7 Å². The lowest BCUT2D eigenvalue weighted by atomic mass is 10.1. The van der Waals surface area contributed by atoms with E-state index >= 15 is 0 Å². The number of nitrogens with zero attached hydrogens (tertiary/aromatic N) is 2. The number of ether oxygens (including phenoxy) is 2. The molecule has 2 heterocycles. The number of piperidine rings is 1. The Morgan fingerprint density at radius 3 is 2.88 bits per heavy atom. The predicted octanol–water partition coefficient (Wildman–Crippen LogP) is 2.81. The second-order valence-electron chi connectivity index (χ2n) is 6.67. The number of nitrogens with one attached hydrogen (secondary N) is 1. The molecular weight excluding hydrogens is 330 g/mol. The van der Waals surface area contributed by atoms with Crippen LogP contribution in [-0.4, -0.2) is 48.4 Å². The first-order valence-corrected chi connectivity index (χ1v) is 9.03. The van der Waals surface area contributed by atoms with Crippen LogP contribution in [0, 0.1) is 0 Å². The van der Waals surface area contributed by atoms with Crippen molar-refractivity contribution in [1.82, 2.24) is 10.3 Å². The molecule has 1 aliphatic rings. The van der Waals surface area contributed by atoms with E-state index in [4.69, 9.17) is 9.47 Å². The van der Waals surface area contributed by atoms with Gasteiger partial charge >= 0.3 is 12.1 Å². The third-order valence-electron chi connectivity index (χ3n) is 3.39. The molecule has 134 valence electrons. The zero-order chi connectivity index (χ0) is 17.7. The van der Waals surface area contributed by atoms with E-state index < -0.39 is 17.7 Å². The Morgan fingerprint density at radius 2 is 2.21 bits per heavy atom. The number of rotatable bonds is 4. The third-order valence-corrected chi connectivity index (χ3v) is 4.29. The standard InChI is InChI=1S/C16H25N3O4S/c1-5-22-13(20)12-10-24-14(18-12)19-8-6-7-11(9-19)17-15(21)23-16(2,3)4/h10-11H,5-9H2,1-4H3,(H,17,21)/t11-/m0/s1. The molecule has 0 bridgehead atoms. The largest absolute Gasteiger partial charge is 0.461 e. The number of carbonyl (C=O) groups excluding carboxylic acids is 2. The molecule has 1 N–H and O–H groups in total. The van der Waals surface area contributed by atoms with Crippen molar-refractivity contribution in [3.05, 3.63) is 11.1 Å². The summed E-state index contributed by atoms with van der Waals surface area (Å²) in [5, 5.41) is 5.39. The highest BCUT2D eigenvalue weighted by Gasteiger charge is 2.26. The maximum atomic E-state index is 11.9. The van der Waals surface area contributed by atoms with Crippen molar-refractivity contribution < 1.29 is 19.1 Å². The average Bonchev–Trinajstić information content (AvgIpc) is 2.95. The molecule has 1 aliphatic heterocycles. The number of hydrogen-bond donors (Lipinski definition) is 1. The lowest BCUT2D eigenvalue weighted by Gasteiger charge is -2.33. The van der Waals surface area contributed by atoms with Crippen LogP contribution in [0.1, 0.15) is 51.0 Å². The first-order chi connectivity index (χ1) is 11.3. The number of anilines is 1. The second-order valence-corrected chi connectivity index (χ2v) is 7.50. The molecule has 24 heavy (non-hydrogen) atoms. The van der Waals surface area contributed by atoms with Gasteiger partial charge in [0, 0.05) is 24.5 Å². The number of amides is 1. The van der Waals surface area contributed by atoms with Crippen LogP contribution >= 0.6 is 11.3 Å². The van der Waals surface area contributed by atoms with Crippen molar-refractivity contribution in [1.29, 1.82) is 0 Å². The van der Waals surface area contributed by atoms with Gasteiger partial charge in [-0.3, -0.25) is 0 Å². The lowest BCUT2D eigenvalue weighted by molar-refractivity contribution is 0.0496. The van der Waals surface area contributed by atoms with Crippen molar-refractivity contribution in [2.45, 2.75) is 52.2 Å². The van der Waals surface area contributed by atoms with Crippen LogP contribution in [0.4, 0.5) is 9.93 Å². The Kier molecular flexibility index (Phi) is 6.04. The molecule has 0 aromatic carbocycles. The number of thiazole rings is 1. The summed E-state index contributed by atoms with van der Waals surface area (Å²) in [4.78, 5) is 30.1. The van der Waals surface area contributed by atoms with Crippen LogP contribution in [0.25, 0.3) is 0 Å². The molecule has 1 amide bonds. The summed E-state index contributed by atoms with van der Waals surface area (Å²) >= 11 is 1.41. The Bertz CT molecular complexity index is 582. The Balaban J connectivity index is 1.93. The maximum Gasteiger partial charge on any atom is 0.407 e. The molecule has 7 nitrogen and oxygen atoms in total. The van der Waals surface area contributed by atoms with Crippen LogP contribution in [0.5, 0.6) is 0 Å². The van der Waals surface area contributed by atoms with Crippen molar-refractivity contribution in [3.8, 4) is 0 Å². The van der Waals surface area contributed by atoms with Crippen molar-refractivity contribution in [2.75, 3.05) is 24.6 Å². The van der Waals surface area contributed by atoms with Crippen molar-refractivity contribution >= 4 is 28.5 Å². The van der Waals surface area contributed by atoms with Crippen LogP contribution < -0.4 is 10.2 Å². The zero-order valence-corrected chi connectivity index (χ0v) is 15.4. The van der Waals surface area contributed by atoms with Gasteiger partial charge in [-0.2, -0.15) is 0 Å². The van der Waals surface area contributed by atoms with Gasteiger partial charge in [-0.15, -0.1) is 11.3 Å². The molecule has 1 fully saturated rings. The predicted molar refractivity (Wildman–Crippen MR) is 92.7 cm³/mol. The molecule has 1 atom stereocenters. The quantitative estimate of drug-likeness (QED) is 0.837. The summed E-state index contributed by atoms with van der Waals surface area (Å²) in [6, 6.07) is 0.00328. The van der Waals surface area contributed by atoms with Gasteiger partial charge in [-0.1, -0.05) is 0 Å². The topological polar surface area (TPSA) is 80.8 Å². The normalized spacial score (nSPS) is 18.2. The zero-order valence-electron chi connectivity index (χ0n) is 14.6. The Labute approximate surface area is 146 Å². The highest BCUT2D eigenvalue weighted by atomic mass is 32.1. The first-order valence-electron chi connectivity index (χ1n) is 8.15. The van der Waals surface area contributed by atoms with Crippen LogP contribution in [0.2, 0.25) is 0 Å². The summed E-state index contributed by atoms with van der Waals surface area (Å²) < 4.78 is 10.3. The fourth-order valence-corrected chi connectivity index (χ4v) is 3.28. The molecule has 2 rings (SSSR count). The first kappa shape index (κ1) is 18.5. The number of esters is 1. The van der Waals surface area contributed by atoms with E-state index in [0.717, 1.165) is 24.5 Å². The van der Waals surface area contributed by atoms with Gasteiger partial charge in [-0.05, 0) is 40.5 Å². The van der Waals surface area contributed by atoms with Crippen LogP contribution in [0.3, 0.4) is 0 Å². The van der Waals surface area contributed by atoms with Gasteiger partial charge in [0.1, 0.15) is 5.60 Å². The molecular formula is C16H25N3O4S. The molecule has 1 saturated heterocycles. The van der Waals surface area contributed by atoms with Gasteiger partial charge in [0.2, 0.25) is 0 Å². The smallest absolute Gasteiger partial charge is 0.407 e. The molecule has 0 aliphatic carbocycles. The maximum absolute atomic E-state index is 11.9. The van der Waals surface area contributed by atoms with Gasteiger partial charge in [0.25, 0.3) is 0 Å². The Hall–Kier alpha value is -1.83. The highest BCUT2D eigenvalue weighted by molar-refractivity contribution is 7.13. The lowest BCUT2D eigenvalue weighted by Crippen LogP contribution is -2.49. The minimum absolute atomic E-state index is 0.00328. The fraction of sp³-hybridized carbons (Fsp3) is 0.688. The summed E-state index contributed by atoms with van der Waals surface area (Å²) in [6.45, 7) is 9.11. The van der Waals surface area contributed by atoms with E-state index in [2.05, 4.69) is 15.2 Å². The van der Waals surface area contributed by atoms with Crippen LogP contribution in [0.15, 0.2) is 5.38 Å². The summed E-state index contributed by atoms with van der Waals surface area (Å²) in [5.74, 6) is -0.402. The minimum Gasteiger partial charge on any atom is -0.461 e.